The molecule has 0 spiro atoms. The van der Waals surface area contributed by atoms with Crippen LogP contribution in [0.3, 0.4) is 0 Å². The zero-order valence-corrected chi connectivity index (χ0v) is 12.4. The van der Waals surface area contributed by atoms with Gasteiger partial charge >= 0.3 is 0 Å². The van der Waals surface area contributed by atoms with Gasteiger partial charge in [0.1, 0.15) is 0 Å². The van der Waals surface area contributed by atoms with Gasteiger partial charge in [-0.3, -0.25) is 0 Å². The minimum absolute atomic E-state index is 0.725. The summed E-state index contributed by atoms with van der Waals surface area (Å²) in [6.45, 7) is 11.2. The molecule has 1 aromatic heterocycles. The average Bonchev–Trinajstić information content (AvgIpc) is 2.63. The Hall–Kier alpha value is -0.410. The molecule has 17 heavy (non-hydrogen) atoms. The molecule has 0 saturated carbocycles. The summed E-state index contributed by atoms with van der Waals surface area (Å²) in [5.74, 6) is 1.49. The lowest BCUT2D eigenvalue weighted by molar-refractivity contribution is 0.383. The molecule has 1 heterocycles. The van der Waals surface area contributed by atoms with Crippen molar-refractivity contribution in [1.29, 1.82) is 0 Å². The fraction of sp³-hybridized carbons (Fsp3) is 0.786. The van der Waals surface area contributed by atoms with E-state index in [1.165, 1.54) is 23.5 Å². The highest BCUT2D eigenvalue weighted by Crippen LogP contribution is 2.18. The van der Waals surface area contributed by atoms with E-state index in [9.17, 15) is 0 Å². The number of nitrogens with one attached hydrogen (secondary N) is 1. The number of thiazole rings is 1. The van der Waals surface area contributed by atoms with Gasteiger partial charge in [0.15, 0.2) is 0 Å². The third kappa shape index (κ3) is 6.18. The highest BCUT2D eigenvalue weighted by Gasteiger charge is 2.13. The van der Waals surface area contributed by atoms with Gasteiger partial charge in [-0.15, -0.1) is 11.3 Å². The average molecular weight is 254 g/mol. The lowest BCUT2D eigenvalue weighted by Gasteiger charge is -2.18. The molecule has 3 heteroatoms. The number of rotatable bonds is 8. The van der Waals surface area contributed by atoms with Crippen molar-refractivity contribution >= 4 is 11.3 Å². The molecule has 1 unspecified atom stereocenters. The van der Waals surface area contributed by atoms with E-state index in [1.54, 1.807) is 11.3 Å². The van der Waals surface area contributed by atoms with Crippen LogP contribution in [0.15, 0.2) is 5.38 Å². The van der Waals surface area contributed by atoms with Crippen LogP contribution in [0, 0.1) is 18.8 Å². The van der Waals surface area contributed by atoms with Crippen molar-refractivity contribution in [2.24, 2.45) is 11.8 Å². The second kappa shape index (κ2) is 7.83. The number of aromatic nitrogens is 1. The maximum Gasteiger partial charge on any atom is 0.0897 e. The minimum Gasteiger partial charge on any atom is -0.316 e. The van der Waals surface area contributed by atoms with Crippen molar-refractivity contribution in [3.63, 3.8) is 0 Å². The standard InChI is InChI=1S/C14H26N2S/c1-5-6-15-9-13(7-11(2)3)8-14-10-17-12(4)16-14/h10-11,13,15H,5-9H2,1-4H3. The van der Waals surface area contributed by atoms with Crippen LogP contribution < -0.4 is 5.32 Å². The summed E-state index contributed by atoms with van der Waals surface area (Å²) >= 11 is 1.76. The van der Waals surface area contributed by atoms with Gasteiger partial charge in [-0.05, 0) is 51.1 Å². The van der Waals surface area contributed by atoms with Gasteiger partial charge < -0.3 is 5.32 Å². The van der Waals surface area contributed by atoms with Gasteiger partial charge in [-0.1, -0.05) is 20.8 Å². The summed E-state index contributed by atoms with van der Waals surface area (Å²) < 4.78 is 0. The third-order valence-electron chi connectivity index (χ3n) is 2.83. The van der Waals surface area contributed by atoms with Crippen LogP contribution in [0.5, 0.6) is 0 Å². The van der Waals surface area contributed by atoms with Crippen LogP contribution in [0.25, 0.3) is 0 Å². The highest BCUT2D eigenvalue weighted by atomic mass is 32.1. The SMILES string of the molecule is CCCNCC(Cc1csc(C)n1)CC(C)C. The fourth-order valence-electron chi connectivity index (χ4n) is 2.19. The van der Waals surface area contributed by atoms with Crippen LogP contribution in [0.1, 0.15) is 44.3 Å². The molecule has 0 aliphatic heterocycles. The minimum atomic E-state index is 0.725. The Morgan fingerprint density at radius 1 is 1.41 bits per heavy atom. The zero-order valence-electron chi connectivity index (χ0n) is 11.6. The van der Waals surface area contributed by atoms with E-state index >= 15 is 0 Å². The van der Waals surface area contributed by atoms with Gasteiger partial charge in [-0.2, -0.15) is 0 Å². The Kier molecular flexibility index (Phi) is 6.75. The first-order valence-corrected chi connectivity index (χ1v) is 7.61. The van der Waals surface area contributed by atoms with E-state index in [2.05, 4.69) is 43.4 Å². The molecule has 0 aromatic carbocycles. The molecule has 1 N–H and O–H groups in total. The van der Waals surface area contributed by atoms with Crippen molar-refractivity contribution in [2.45, 2.75) is 47.0 Å². The highest BCUT2D eigenvalue weighted by molar-refractivity contribution is 7.09. The molecule has 0 bridgehead atoms. The monoisotopic (exact) mass is 254 g/mol. The maximum atomic E-state index is 4.58. The first-order valence-electron chi connectivity index (χ1n) is 6.73. The molecule has 98 valence electrons. The van der Waals surface area contributed by atoms with Gasteiger partial charge in [-0.25, -0.2) is 4.98 Å². The van der Waals surface area contributed by atoms with Crippen molar-refractivity contribution < 1.29 is 0 Å². The molecule has 0 aliphatic carbocycles. The first-order chi connectivity index (χ1) is 8.11. The topological polar surface area (TPSA) is 24.9 Å². The van der Waals surface area contributed by atoms with Crippen molar-refractivity contribution in [3.05, 3.63) is 16.1 Å². The van der Waals surface area contributed by atoms with E-state index in [4.69, 9.17) is 0 Å². The van der Waals surface area contributed by atoms with Gasteiger partial charge in [0, 0.05) is 5.38 Å². The van der Waals surface area contributed by atoms with Crippen LogP contribution in [-0.4, -0.2) is 18.1 Å². The first kappa shape index (κ1) is 14.7. The molecule has 1 aromatic rings. The Morgan fingerprint density at radius 2 is 2.18 bits per heavy atom. The van der Waals surface area contributed by atoms with Crippen molar-refractivity contribution in [3.8, 4) is 0 Å². The summed E-state index contributed by atoms with van der Waals surface area (Å²) in [5.41, 5.74) is 1.27. The molecule has 0 aliphatic rings. The second-order valence-corrected chi connectivity index (χ2v) is 6.32. The van der Waals surface area contributed by atoms with E-state index in [1.807, 2.05) is 0 Å². The molecule has 1 atom stereocenters. The fourth-order valence-corrected chi connectivity index (χ4v) is 2.81. The third-order valence-corrected chi connectivity index (χ3v) is 3.65. The Morgan fingerprint density at radius 3 is 2.71 bits per heavy atom. The largest absolute Gasteiger partial charge is 0.316 e. The Balaban J connectivity index is 2.44. The summed E-state index contributed by atoms with van der Waals surface area (Å²) in [7, 11) is 0. The van der Waals surface area contributed by atoms with Crippen LogP contribution >= 0.6 is 11.3 Å². The lowest BCUT2D eigenvalue weighted by Crippen LogP contribution is -2.26. The lowest BCUT2D eigenvalue weighted by atomic mass is 9.93. The molecular formula is C14H26N2S. The maximum absolute atomic E-state index is 4.58. The summed E-state index contributed by atoms with van der Waals surface area (Å²) in [6.07, 6.45) is 3.62. The van der Waals surface area contributed by atoms with Gasteiger partial charge in [0.25, 0.3) is 0 Å². The summed E-state index contributed by atoms with van der Waals surface area (Å²) in [6, 6.07) is 0. The predicted molar refractivity (Wildman–Crippen MR) is 76.7 cm³/mol. The molecular weight excluding hydrogens is 228 g/mol. The van der Waals surface area contributed by atoms with Gasteiger partial charge in [0.05, 0.1) is 10.7 Å². The molecule has 0 saturated heterocycles. The Labute approximate surface area is 110 Å². The normalized spacial score (nSPS) is 13.2. The number of aryl methyl sites for hydroxylation is 1. The van der Waals surface area contributed by atoms with Crippen LogP contribution in [0.2, 0.25) is 0 Å². The quantitative estimate of drug-likeness (QED) is 0.716. The van der Waals surface area contributed by atoms with E-state index in [0.29, 0.717) is 0 Å². The van der Waals surface area contributed by atoms with E-state index < -0.39 is 0 Å². The molecule has 0 amide bonds. The number of nitrogens with zero attached hydrogens (tertiary/aromatic N) is 1. The van der Waals surface area contributed by atoms with Gasteiger partial charge in [0.2, 0.25) is 0 Å². The molecule has 0 radical (unpaired) electrons. The molecule has 0 fully saturated rings. The molecule has 2 nitrogen and oxygen atoms in total. The zero-order chi connectivity index (χ0) is 12.7. The second-order valence-electron chi connectivity index (χ2n) is 5.26. The predicted octanol–water partition coefficient (Wildman–Crippen LogP) is 3.66. The smallest absolute Gasteiger partial charge is 0.0897 e. The summed E-state index contributed by atoms with van der Waals surface area (Å²) in [5, 5.41) is 6.94. The van der Waals surface area contributed by atoms with Crippen molar-refractivity contribution in [1.82, 2.24) is 10.3 Å². The summed E-state index contributed by atoms with van der Waals surface area (Å²) in [4.78, 5) is 4.58. The number of hydrogen-bond donors (Lipinski definition) is 1. The number of hydrogen-bond acceptors (Lipinski definition) is 3. The van der Waals surface area contributed by atoms with E-state index in [-0.39, 0.29) is 0 Å². The molecule has 1 rings (SSSR count). The van der Waals surface area contributed by atoms with E-state index in [0.717, 1.165) is 31.3 Å². The Bertz CT molecular complexity index is 307. The van der Waals surface area contributed by atoms with Crippen molar-refractivity contribution in [2.75, 3.05) is 13.1 Å². The van der Waals surface area contributed by atoms with Crippen LogP contribution in [0.4, 0.5) is 0 Å². The van der Waals surface area contributed by atoms with Crippen LogP contribution in [-0.2, 0) is 6.42 Å².